The molecule has 3 heterocycles. The first-order chi connectivity index (χ1) is 16.7. The molecular weight excluding hydrogens is 482 g/mol. The minimum atomic E-state index is -2.74. The first-order valence-corrected chi connectivity index (χ1v) is 11.7. The summed E-state index contributed by atoms with van der Waals surface area (Å²) in [6.45, 7) is 3.97. The van der Waals surface area contributed by atoms with Gasteiger partial charge in [-0.05, 0) is 37.6 Å². The van der Waals surface area contributed by atoms with E-state index in [1.807, 2.05) is 13.8 Å². The summed E-state index contributed by atoms with van der Waals surface area (Å²) >= 11 is 5.99. The number of nitrogens with one attached hydrogen (secondary N) is 1. The number of morpholine rings is 1. The van der Waals surface area contributed by atoms with Crippen LogP contribution in [0.15, 0.2) is 34.9 Å². The van der Waals surface area contributed by atoms with Gasteiger partial charge in [-0.2, -0.15) is 4.98 Å². The van der Waals surface area contributed by atoms with Crippen molar-refractivity contribution in [3.8, 4) is 5.75 Å². The average Bonchev–Trinajstić information content (AvgIpc) is 3.24. The lowest BCUT2D eigenvalue weighted by molar-refractivity contribution is -0.143. The molecule has 35 heavy (non-hydrogen) atoms. The Hall–Kier alpha value is -2.98. The number of amides is 1. The van der Waals surface area contributed by atoms with Gasteiger partial charge in [0.05, 0.1) is 38.1 Å². The van der Waals surface area contributed by atoms with E-state index in [1.165, 1.54) is 24.1 Å². The molecule has 2 aromatic heterocycles. The van der Waals surface area contributed by atoms with Crippen LogP contribution in [-0.4, -0.2) is 59.1 Å². The fourth-order valence-electron chi connectivity index (χ4n) is 4.24. The third-order valence-electron chi connectivity index (χ3n) is 5.96. The SMILES string of the molecule is CCCC1(C)CN(C(=O)c2cc(OC)c3oc(NCc4cc(Cl)ccn4)nc3c2)C(C(F)F)CO1. The Labute approximate surface area is 206 Å². The molecule has 0 saturated carbocycles. The molecule has 1 saturated heterocycles. The largest absolute Gasteiger partial charge is 0.493 e. The van der Waals surface area contributed by atoms with Gasteiger partial charge in [-0.25, -0.2) is 8.78 Å². The molecule has 11 heteroatoms. The molecular formula is C24H27ClF2N4O4. The number of ether oxygens (including phenoxy) is 2. The lowest BCUT2D eigenvalue weighted by Gasteiger charge is -2.45. The van der Waals surface area contributed by atoms with E-state index in [0.29, 0.717) is 34.8 Å². The monoisotopic (exact) mass is 508 g/mol. The third-order valence-corrected chi connectivity index (χ3v) is 6.20. The zero-order chi connectivity index (χ0) is 25.2. The number of pyridine rings is 1. The smallest absolute Gasteiger partial charge is 0.296 e. The summed E-state index contributed by atoms with van der Waals surface area (Å²) in [4.78, 5) is 23.3. The molecule has 1 amide bonds. The minimum Gasteiger partial charge on any atom is -0.493 e. The predicted molar refractivity (Wildman–Crippen MR) is 127 cm³/mol. The first kappa shape index (κ1) is 25.1. The second-order valence-corrected chi connectivity index (χ2v) is 9.15. The number of hydrogen-bond acceptors (Lipinski definition) is 7. The Kier molecular flexibility index (Phi) is 7.42. The van der Waals surface area contributed by atoms with Crippen molar-refractivity contribution in [3.05, 3.63) is 46.7 Å². The van der Waals surface area contributed by atoms with Crippen molar-refractivity contribution < 1.29 is 27.5 Å². The normalized spacial score (nSPS) is 20.4. The van der Waals surface area contributed by atoms with Crippen LogP contribution < -0.4 is 10.1 Å². The lowest BCUT2D eigenvalue weighted by atomic mass is 9.95. The highest BCUT2D eigenvalue weighted by molar-refractivity contribution is 6.30. The van der Waals surface area contributed by atoms with Crippen LogP contribution in [0.1, 0.15) is 42.7 Å². The first-order valence-electron chi connectivity index (χ1n) is 11.3. The van der Waals surface area contributed by atoms with Crippen molar-refractivity contribution in [3.63, 3.8) is 0 Å². The molecule has 1 N–H and O–H groups in total. The van der Waals surface area contributed by atoms with E-state index in [2.05, 4.69) is 15.3 Å². The van der Waals surface area contributed by atoms with Gasteiger partial charge in [-0.15, -0.1) is 0 Å². The number of rotatable bonds is 8. The quantitative estimate of drug-likeness (QED) is 0.449. The lowest BCUT2D eigenvalue weighted by Crippen LogP contribution is -2.59. The van der Waals surface area contributed by atoms with Crippen molar-refractivity contribution in [1.82, 2.24) is 14.9 Å². The van der Waals surface area contributed by atoms with Gasteiger partial charge in [-0.1, -0.05) is 24.9 Å². The van der Waals surface area contributed by atoms with E-state index in [1.54, 1.807) is 18.3 Å². The van der Waals surface area contributed by atoms with Gasteiger partial charge in [0, 0.05) is 16.8 Å². The summed E-state index contributed by atoms with van der Waals surface area (Å²) in [5.74, 6) is -0.271. The summed E-state index contributed by atoms with van der Waals surface area (Å²) in [5.41, 5.74) is 0.852. The molecule has 1 aliphatic heterocycles. The van der Waals surface area contributed by atoms with Gasteiger partial charge in [0.2, 0.25) is 0 Å². The zero-order valence-electron chi connectivity index (χ0n) is 19.7. The minimum absolute atomic E-state index is 0.0628. The molecule has 4 rings (SSSR count). The number of fused-ring (bicyclic) bond motifs is 1. The number of carbonyl (C=O) groups excluding carboxylic acids is 1. The number of carbonyl (C=O) groups is 1. The summed E-state index contributed by atoms with van der Waals surface area (Å²) in [7, 11) is 1.43. The van der Waals surface area contributed by atoms with E-state index < -0.39 is 24.0 Å². The third kappa shape index (κ3) is 5.48. The molecule has 0 spiro atoms. The predicted octanol–water partition coefficient (Wildman–Crippen LogP) is 5.16. The standard InChI is InChI=1S/C24H27ClF2N4O4/c1-4-6-24(2)13-31(18(12-34-24)21(26)27)22(32)14-8-17-20(19(9-14)33-3)35-23(30-17)29-11-16-10-15(25)5-7-28-16/h5,7-10,18,21H,4,6,11-13H2,1-3H3,(H,29,30). The summed E-state index contributed by atoms with van der Waals surface area (Å²) < 4.78 is 44.5. The van der Waals surface area contributed by atoms with Crippen LogP contribution in [0, 0.1) is 0 Å². The van der Waals surface area contributed by atoms with Crippen molar-refractivity contribution in [2.75, 3.05) is 25.6 Å². The maximum absolute atomic E-state index is 13.8. The number of benzene rings is 1. The fourth-order valence-corrected chi connectivity index (χ4v) is 4.42. The van der Waals surface area contributed by atoms with Gasteiger partial charge >= 0.3 is 0 Å². The van der Waals surface area contributed by atoms with Crippen molar-refractivity contribution in [1.29, 1.82) is 0 Å². The van der Waals surface area contributed by atoms with Crippen LogP contribution in [-0.2, 0) is 11.3 Å². The van der Waals surface area contributed by atoms with E-state index in [4.69, 9.17) is 25.5 Å². The summed E-state index contributed by atoms with van der Waals surface area (Å²) in [6.07, 6.45) is 0.306. The fraction of sp³-hybridized carbons (Fsp3) is 0.458. The summed E-state index contributed by atoms with van der Waals surface area (Å²) in [6, 6.07) is 5.23. The van der Waals surface area contributed by atoms with Crippen LogP contribution in [0.2, 0.25) is 5.02 Å². The molecule has 2 atom stereocenters. The van der Waals surface area contributed by atoms with Gasteiger partial charge in [-0.3, -0.25) is 9.78 Å². The second kappa shape index (κ2) is 10.3. The van der Waals surface area contributed by atoms with Gasteiger partial charge in [0.1, 0.15) is 11.6 Å². The molecule has 8 nitrogen and oxygen atoms in total. The highest BCUT2D eigenvalue weighted by atomic mass is 35.5. The topological polar surface area (TPSA) is 89.7 Å². The molecule has 2 unspecified atom stereocenters. The van der Waals surface area contributed by atoms with E-state index >= 15 is 0 Å². The van der Waals surface area contributed by atoms with Gasteiger partial charge < -0.3 is 24.1 Å². The number of nitrogens with zero attached hydrogens (tertiary/aromatic N) is 3. The Bertz CT molecular complexity index is 1210. The highest BCUT2D eigenvalue weighted by Crippen LogP contribution is 2.33. The van der Waals surface area contributed by atoms with Crippen molar-refractivity contribution >= 4 is 34.6 Å². The Morgan fingerprint density at radius 2 is 2.20 bits per heavy atom. The maximum atomic E-state index is 13.8. The zero-order valence-corrected chi connectivity index (χ0v) is 20.4. The molecule has 3 aromatic rings. The molecule has 0 aliphatic carbocycles. The molecule has 0 radical (unpaired) electrons. The Balaban J connectivity index is 1.62. The van der Waals surface area contributed by atoms with Crippen LogP contribution in [0.5, 0.6) is 5.75 Å². The van der Waals surface area contributed by atoms with E-state index in [9.17, 15) is 13.6 Å². The van der Waals surface area contributed by atoms with Crippen LogP contribution in [0.3, 0.4) is 0 Å². The van der Waals surface area contributed by atoms with Gasteiger partial charge in [0.25, 0.3) is 18.3 Å². The van der Waals surface area contributed by atoms with Crippen LogP contribution in [0.25, 0.3) is 11.1 Å². The summed E-state index contributed by atoms with van der Waals surface area (Å²) in [5, 5.41) is 3.58. The molecule has 1 aromatic carbocycles. The van der Waals surface area contributed by atoms with E-state index in [0.717, 1.165) is 6.42 Å². The number of methoxy groups -OCH3 is 1. The maximum Gasteiger partial charge on any atom is 0.296 e. The number of aromatic nitrogens is 2. The van der Waals surface area contributed by atoms with Crippen molar-refractivity contribution in [2.24, 2.45) is 0 Å². The Morgan fingerprint density at radius 1 is 1.40 bits per heavy atom. The molecule has 0 bridgehead atoms. The number of hydrogen-bond donors (Lipinski definition) is 1. The van der Waals surface area contributed by atoms with Crippen LogP contribution >= 0.6 is 11.6 Å². The number of alkyl halides is 2. The van der Waals surface area contributed by atoms with Crippen molar-refractivity contribution in [2.45, 2.75) is 51.3 Å². The number of oxazole rings is 1. The highest BCUT2D eigenvalue weighted by Gasteiger charge is 2.43. The Morgan fingerprint density at radius 3 is 2.89 bits per heavy atom. The van der Waals surface area contributed by atoms with E-state index in [-0.39, 0.29) is 30.5 Å². The average molecular weight is 509 g/mol. The molecule has 188 valence electrons. The molecule has 1 aliphatic rings. The molecule has 1 fully saturated rings. The number of anilines is 1. The second-order valence-electron chi connectivity index (χ2n) is 8.71. The van der Waals surface area contributed by atoms with Gasteiger partial charge in [0.15, 0.2) is 11.3 Å². The van der Waals surface area contributed by atoms with Crippen LogP contribution in [0.4, 0.5) is 14.8 Å². The number of halogens is 3.